The molecule has 3 N–H and O–H groups in total. The number of hydrogen-bond donors (Lipinski definition) is 2. The van der Waals surface area contributed by atoms with E-state index in [1.807, 2.05) is 30.8 Å². The SMILES string of the molecule is Cc1cc(NCc2nccn2C)nc(N)n1. The monoisotopic (exact) mass is 218 g/mol. The third-order valence-electron chi connectivity index (χ3n) is 2.22. The number of aryl methyl sites for hydroxylation is 2. The lowest BCUT2D eigenvalue weighted by molar-refractivity contribution is 0.810. The first-order chi connectivity index (χ1) is 7.65. The number of nitrogen functional groups attached to an aromatic ring is 1. The van der Waals surface area contributed by atoms with Crippen LogP contribution in [0.15, 0.2) is 18.5 Å². The molecule has 0 saturated carbocycles. The summed E-state index contributed by atoms with van der Waals surface area (Å²) in [7, 11) is 1.95. The minimum absolute atomic E-state index is 0.280. The zero-order valence-corrected chi connectivity index (χ0v) is 9.31. The molecule has 0 radical (unpaired) electrons. The van der Waals surface area contributed by atoms with Crippen LogP contribution in [0.3, 0.4) is 0 Å². The Bertz CT molecular complexity index is 470. The zero-order valence-electron chi connectivity index (χ0n) is 9.31. The van der Waals surface area contributed by atoms with Gasteiger partial charge in [0.15, 0.2) is 0 Å². The van der Waals surface area contributed by atoms with Gasteiger partial charge in [-0.05, 0) is 6.92 Å². The Morgan fingerprint density at radius 3 is 2.88 bits per heavy atom. The van der Waals surface area contributed by atoms with Crippen LogP contribution in [0.1, 0.15) is 11.5 Å². The minimum atomic E-state index is 0.280. The summed E-state index contributed by atoms with van der Waals surface area (Å²) in [6.45, 7) is 2.49. The highest BCUT2D eigenvalue weighted by Crippen LogP contribution is 2.08. The second kappa shape index (κ2) is 4.18. The smallest absolute Gasteiger partial charge is 0.222 e. The average Bonchev–Trinajstić information content (AvgIpc) is 2.59. The lowest BCUT2D eigenvalue weighted by Gasteiger charge is -2.06. The van der Waals surface area contributed by atoms with Crippen LogP contribution in [-0.4, -0.2) is 19.5 Å². The molecule has 2 aromatic rings. The van der Waals surface area contributed by atoms with Crippen molar-refractivity contribution in [1.29, 1.82) is 0 Å². The summed E-state index contributed by atoms with van der Waals surface area (Å²) in [6.07, 6.45) is 3.66. The Morgan fingerprint density at radius 2 is 2.25 bits per heavy atom. The highest BCUT2D eigenvalue weighted by atomic mass is 15.1. The summed E-state index contributed by atoms with van der Waals surface area (Å²) in [5.74, 6) is 1.94. The van der Waals surface area contributed by atoms with Crippen molar-refractivity contribution in [3.05, 3.63) is 30.0 Å². The zero-order chi connectivity index (χ0) is 11.5. The van der Waals surface area contributed by atoms with Crippen LogP contribution in [0.25, 0.3) is 0 Å². The Morgan fingerprint density at radius 1 is 1.44 bits per heavy atom. The van der Waals surface area contributed by atoms with Crippen molar-refractivity contribution >= 4 is 11.8 Å². The number of nitrogens with zero attached hydrogens (tertiary/aromatic N) is 4. The van der Waals surface area contributed by atoms with Gasteiger partial charge in [-0.3, -0.25) is 0 Å². The molecule has 0 aliphatic heterocycles. The second-order valence-corrected chi connectivity index (χ2v) is 3.56. The highest BCUT2D eigenvalue weighted by Gasteiger charge is 2.01. The fourth-order valence-corrected chi connectivity index (χ4v) is 1.42. The van der Waals surface area contributed by atoms with Gasteiger partial charge in [-0.1, -0.05) is 0 Å². The normalized spacial score (nSPS) is 10.4. The summed E-state index contributed by atoms with van der Waals surface area (Å²) < 4.78 is 1.95. The van der Waals surface area contributed by atoms with Gasteiger partial charge in [0.05, 0.1) is 6.54 Å². The molecule has 2 aromatic heterocycles. The van der Waals surface area contributed by atoms with E-state index in [2.05, 4.69) is 20.3 Å². The molecule has 0 aliphatic carbocycles. The van der Waals surface area contributed by atoms with Crippen LogP contribution in [0, 0.1) is 6.92 Å². The van der Waals surface area contributed by atoms with E-state index in [1.165, 1.54) is 0 Å². The van der Waals surface area contributed by atoms with Gasteiger partial charge in [0.1, 0.15) is 11.6 Å². The van der Waals surface area contributed by atoms with Gasteiger partial charge in [-0.2, -0.15) is 4.98 Å². The quantitative estimate of drug-likeness (QED) is 0.793. The largest absolute Gasteiger partial charge is 0.368 e. The van der Waals surface area contributed by atoms with E-state index < -0.39 is 0 Å². The molecule has 6 heteroatoms. The van der Waals surface area contributed by atoms with Crippen LogP contribution in [0.4, 0.5) is 11.8 Å². The average molecular weight is 218 g/mol. The maximum atomic E-state index is 5.56. The maximum Gasteiger partial charge on any atom is 0.222 e. The Labute approximate surface area is 93.6 Å². The van der Waals surface area contributed by atoms with E-state index in [4.69, 9.17) is 5.73 Å². The number of rotatable bonds is 3. The molecule has 0 aromatic carbocycles. The van der Waals surface area contributed by atoms with E-state index in [0.717, 1.165) is 11.5 Å². The Balaban J connectivity index is 2.07. The number of aromatic nitrogens is 4. The second-order valence-electron chi connectivity index (χ2n) is 3.56. The summed E-state index contributed by atoms with van der Waals surface area (Å²) in [5, 5.41) is 3.16. The Kier molecular flexibility index (Phi) is 2.72. The fraction of sp³-hybridized carbons (Fsp3) is 0.300. The molecule has 0 fully saturated rings. The molecule has 2 rings (SSSR count). The van der Waals surface area contributed by atoms with E-state index in [0.29, 0.717) is 12.4 Å². The van der Waals surface area contributed by atoms with Crippen molar-refractivity contribution in [2.24, 2.45) is 7.05 Å². The minimum Gasteiger partial charge on any atom is -0.368 e. The first-order valence-electron chi connectivity index (χ1n) is 4.96. The van der Waals surface area contributed by atoms with Gasteiger partial charge >= 0.3 is 0 Å². The summed E-state index contributed by atoms with van der Waals surface area (Å²) in [4.78, 5) is 12.3. The van der Waals surface area contributed by atoms with Crippen LogP contribution >= 0.6 is 0 Å². The lowest BCUT2D eigenvalue weighted by Crippen LogP contribution is -2.08. The molecule has 2 heterocycles. The van der Waals surface area contributed by atoms with Crippen molar-refractivity contribution in [2.75, 3.05) is 11.1 Å². The van der Waals surface area contributed by atoms with Gasteiger partial charge in [0.2, 0.25) is 5.95 Å². The molecular weight excluding hydrogens is 204 g/mol. The van der Waals surface area contributed by atoms with Gasteiger partial charge in [0.25, 0.3) is 0 Å². The molecule has 0 bridgehead atoms. The third kappa shape index (κ3) is 2.28. The van der Waals surface area contributed by atoms with Crippen LogP contribution in [0.2, 0.25) is 0 Å². The fourth-order valence-electron chi connectivity index (χ4n) is 1.42. The van der Waals surface area contributed by atoms with Crippen LogP contribution < -0.4 is 11.1 Å². The molecule has 0 amide bonds. The van der Waals surface area contributed by atoms with Gasteiger partial charge in [0, 0.05) is 31.2 Å². The molecule has 0 aliphatic rings. The topological polar surface area (TPSA) is 81.7 Å². The molecule has 0 saturated heterocycles. The van der Waals surface area contributed by atoms with Crippen molar-refractivity contribution in [3.63, 3.8) is 0 Å². The predicted molar refractivity (Wildman–Crippen MR) is 61.7 cm³/mol. The predicted octanol–water partition coefficient (Wildman–Crippen LogP) is 0.713. The number of nitrogens with two attached hydrogens (primary N) is 1. The molecule has 6 nitrogen and oxygen atoms in total. The van der Waals surface area contributed by atoms with Crippen LogP contribution in [-0.2, 0) is 13.6 Å². The van der Waals surface area contributed by atoms with Gasteiger partial charge in [-0.15, -0.1) is 0 Å². The highest BCUT2D eigenvalue weighted by molar-refractivity contribution is 5.40. The standard InChI is InChI=1S/C10H14N6/c1-7-5-8(15-10(11)14-7)13-6-9-12-3-4-16(9)2/h3-5H,6H2,1-2H3,(H3,11,13,14,15). The maximum absolute atomic E-state index is 5.56. The molecule has 16 heavy (non-hydrogen) atoms. The first-order valence-corrected chi connectivity index (χ1v) is 4.96. The van der Waals surface area contributed by atoms with Crippen LogP contribution in [0.5, 0.6) is 0 Å². The molecular formula is C10H14N6. The van der Waals surface area contributed by atoms with Crippen molar-refractivity contribution in [2.45, 2.75) is 13.5 Å². The van der Waals surface area contributed by atoms with E-state index in [9.17, 15) is 0 Å². The molecule has 84 valence electrons. The number of anilines is 2. The van der Waals surface area contributed by atoms with Crippen molar-refractivity contribution in [1.82, 2.24) is 19.5 Å². The summed E-state index contributed by atoms with van der Waals surface area (Å²) in [6, 6.07) is 1.85. The summed E-state index contributed by atoms with van der Waals surface area (Å²) in [5.41, 5.74) is 6.40. The Hall–Kier alpha value is -2.11. The number of nitrogens with one attached hydrogen (secondary N) is 1. The molecule has 0 atom stereocenters. The lowest BCUT2D eigenvalue weighted by atomic mass is 10.4. The first kappa shape index (κ1) is 10.4. The van der Waals surface area contributed by atoms with E-state index in [-0.39, 0.29) is 5.95 Å². The van der Waals surface area contributed by atoms with Crippen molar-refractivity contribution in [3.8, 4) is 0 Å². The van der Waals surface area contributed by atoms with Gasteiger partial charge in [-0.25, -0.2) is 9.97 Å². The number of hydrogen-bond acceptors (Lipinski definition) is 5. The molecule has 0 unspecified atom stereocenters. The number of imidazole rings is 1. The van der Waals surface area contributed by atoms with Crippen molar-refractivity contribution < 1.29 is 0 Å². The summed E-state index contributed by atoms with van der Waals surface area (Å²) >= 11 is 0. The van der Waals surface area contributed by atoms with E-state index >= 15 is 0 Å². The van der Waals surface area contributed by atoms with E-state index in [1.54, 1.807) is 6.20 Å². The molecule has 0 spiro atoms. The third-order valence-corrected chi connectivity index (χ3v) is 2.22. The van der Waals surface area contributed by atoms with Gasteiger partial charge < -0.3 is 15.6 Å².